The maximum Gasteiger partial charge on any atom is 0.508 e. The Bertz CT molecular complexity index is 388. The van der Waals surface area contributed by atoms with E-state index in [0.29, 0.717) is 5.56 Å². The second-order valence-corrected chi connectivity index (χ2v) is 3.03. The molecule has 1 N–H and O–H groups in total. The molecule has 1 rings (SSSR count). The van der Waals surface area contributed by atoms with Crippen LogP contribution in [0.1, 0.15) is 5.56 Å². The highest BCUT2D eigenvalue weighted by atomic mass is 16.7. The lowest BCUT2D eigenvalue weighted by Crippen LogP contribution is -2.10. The highest BCUT2D eigenvalue weighted by Gasteiger charge is 2.06. The smallest absolute Gasteiger partial charge is 0.432 e. The minimum atomic E-state index is -0.891. The van der Waals surface area contributed by atoms with Gasteiger partial charge in [-0.15, -0.1) is 0 Å². The molecule has 0 amide bonds. The number of carbonyl (C=O) groups excluding carboxylic acids is 1. The van der Waals surface area contributed by atoms with Crippen LogP contribution >= 0.6 is 0 Å². The maximum absolute atomic E-state index is 10.9. The number of aliphatic hydroxyl groups excluding tert-OH is 1. The van der Waals surface area contributed by atoms with Gasteiger partial charge < -0.3 is 14.6 Å². The molecule has 0 bridgehead atoms. The molecular formula is C10H11NO6. The zero-order chi connectivity index (χ0) is 12.7. The zero-order valence-electron chi connectivity index (χ0n) is 8.87. The van der Waals surface area contributed by atoms with Crippen molar-refractivity contribution in [3.05, 3.63) is 39.9 Å². The van der Waals surface area contributed by atoms with Crippen LogP contribution in [0.5, 0.6) is 0 Å². The summed E-state index contributed by atoms with van der Waals surface area (Å²) in [7, 11) is 0. The van der Waals surface area contributed by atoms with E-state index in [0.717, 1.165) is 0 Å². The number of benzene rings is 1. The summed E-state index contributed by atoms with van der Waals surface area (Å²) in [5, 5.41) is 18.8. The first-order valence-corrected chi connectivity index (χ1v) is 4.77. The van der Waals surface area contributed by atoms with E-state index in [-0.39, 0.29) is 25.5 Å². The van der Waals surface area contributed by atoms with E-state index in [1.165, 1.54) is 24.3 Å². The lowest BCUT2D eigenvalue weighted by molar-refractivity contribution is -0.384. The van der Waals surface area contributed by atoms with Gasteiger partial charge in [-0.1, -0.05) is 0 Å². The fraction of sp³-hybridized carbons (Fsp3) is 0.300. The molecule has 0 aliphatic rings. The summed E-state index contributed by atoms with van der Waals surface area (Å²) >= 11 is 0. The number of nitro groups is 1. The van der Waals surface area contributed by atoms with E-state index in [2.05, 4.69) is 9.47 Å². The van der Waals surface area contributed by atoms with E-state index in [9.17, 15) is 14.9 Å². The molecule has 0 unspecified atom stereocenters. The molecule has 92 valence electrons. The summed E-state index contributed by atoms with van der Waals surface area (Å²) in [6.45, 7) is -0.437. The minimum Gasteiger partial charge on any atom is -0.432 e. The third-order valence-electron chi connectivity index (χ3n) is 1.82. The van der Waals surface area contributed by atoms with Crippen LogP contribution in [0.15, 0.2) is 24.3 Å². The van der Waals surface area contributed by atoms with Gasteiger partial charge in [0.25, 0.3) is 5.69 Å². The topological polar surface area (TPSA) is 98.9 Å². The summed E-state index contributed by atoms with van der Waals surface area (Å²) in [5.41, 5.74) is 0.577. The summed E-state index contributed by atoms with van der Waals surface area (Å²) in [4.78, 5) is 20.7. The van der Waals surface area contributed by atoms with Crippen molar-refractivity contribution in [3.8, 4) is 0 Å². The van der Waals surface area contributed by atoms with Crippen LogP contribution in [0.4, 0.5) is 10.5 Å². The number of rotatable bonds is 5. The number of hydrogen-bond acceptors (Lipinski definition) is 6. The number of ether oxygens (including phenoxy) is 2. The standard InChI is InChI=1S/C10H11NO6/c12-5-6-16-10(13)17-7-8-1-3-9(4-2-8)11(14)15/h1-4,12H,5-7H2. The average molecular weight is 241 g/mol. The minimum absolute atomic E-state index is 0.0309. The highest BCUT2D eigenvalue weighted by Crippen LogP contribution is 2.12. The van der Waals surface area contributed by atoms with Crippen molar-refractivity contribution in [3.63, 3.8) is 0 Å². The van der Waals surface area contributed by atoms with Crippen LogP contribution < -0.4 is 0 Å². The molecule has 1 aromatic carbocycles. The Kier molecular flexibility index (Phi) is 4.89. The molecule has 1 aromatic rings. The summed E-state index contributed by atoms with van der Waals surface area (Å²) in [6.07, 6.45) is -0.891. The predicted octanol–water partition coefficient (Wildman–Crippen LogP) is 1.24. The number of carbonyl (C=O) groups is 1. The molecule has 0 heterocycles. The summed E-state index contributed by atoms with van der Waals surface area (Å²) in [5.74, 6) is 0. The quantitative estimate of drug-likeness (QED) is 0.473. The molecule has 0 spiro atoms. The normalized spacial score (nSPS) is 9.71. The average Bonchev–Trinajstić information content (AvgIpc) is 2.34. The summed E-state index contributed by atoms with van der Waals surface area (Å²) < 4.78 is 9.14. The first-order chi connectivity index (χ1) is 8.13. The van der Waals surface area contributed by atoms with Gasteiger partial charge in [0.2, 0.25) is 0 Å². The fourth-order valence-electron chi connectivity index (χ4n) is 1.03. The van der Waals surface area contributed by atoms with Gasteiger partial charge in [-0.05, 0) is 17.7 Å². The lowest BCUT2D eigenvalue weighted by Gasteiger charge is -2.04. The highest BCUT2D eigenvalue weighted by molar-refractivity contribution is 5.59. The molecule has 7 heteroatoms. The van der Waals surface area contributed by atoms with Gasteiger partial charge >= 0.3 is 6.16 Å². The van der Waals surface area contributed by atoms with Gasteiger partial charge in [0.1, 0.15) is 13.2 Å². The lowest BCUT2D eigenvalue weighted by atomic mass is 10.2. The SMILES string of the molecule is O=C(OCCO)OCc1ccc([N+](=O)[O-])cc1. The first-order valence-electron chi connectivity index (χ1n) is 4.77. The Morgan fingerprint density at radius 1 is 1.29 bits per heavy atom. The number of non-ortho nitro benzene ring substituents is 1. The Balaban J connectivity index is 2.42. The van der Waals surface area contributed by atoms with E-state index < -0.39 is 11.1 Å². The van der Waals surface area contributed by atoms with Crippen molar-refractivity contribution >= 4 is 11.8 Å². The molecular weight excluding hydrogens is 230 g/mol. The van der Waals surface area contributed by atoms with Gasteiger partial charge in [0.15, 0.2) is 0 Å². The van der Waals surface area contributed by atoms with Crippen molar-refractivity contribution < 1.29 is 24.3 Å². The number of nitro benzene ring substituents is 1. The third kappa shape index (κ3) is 4.47. The Morgan fingerprint density at radius 3 is 2.47 bits per heavy atom. The molecule has 0 saturated carbocycles. The van der Waals surface area contributed by atoms with Crippen molar-refractivity contribution in [2.75, 3.05) is 13.2 Å². The van der Waals surface area contributed by atoms with Crippen molar-refractivity contribution in [2.24, 2.45) is 0 Å². The monoisotopic (exact) mass is 241 g/mol. The molecule has 0 atom stereocenters. The van der Waals surface area contributed by atoms with E-state index in [1.54, 1.807) is 0 Å². The van der Waals surface area contributed by atoms with Crippen LogP contribution in [-0.2, 0) is 16.1 Å². The van der Waals surface area contributed by atoms with Crippen LogP contribution in [-0.4, -0.2) is 29.4 Å². The van der Waals surface area contributed by atoms with Crippen LogP contribution in [0.3, 0.4) is 0 Å². The number of nitrogens with zero attached hydrogens (tertiary/aromatic N) is 1. The molecule has 0 aromatic heterocycles. The molecule has 0 aliphatic carbocycles. The molecule has 7 nitrogen and oxygen atoms in total. The second-order valence-electron chi connectivity index (χ2n) is 3.03. The van der Waals surface area contributed by atoms with Crippen LogP contribution in [0.25, 0.3) is 0 Å². The largest absolute Gasteiger partial charge is 0.508 e. The number of hydrogen-bond donors (Lipinski definition) is 1. The van der Waals surface area contributed by atoms with E-state index in [1.807, 2.05) is 0 Å². The van der Waals surface area contributed by atoms with Crippen molar-refractivity contribution in [1.29, 1.82) is 0 Å². The van der Waals surface area contributed by atoms with Crippen LogP contribution in [0.2, 0.25) is 0 Å². The Morgan fingerprint density at radius 2 is 1.94 bits per heavy atom. The zero-order valence-corrected chi connectivity index (χ0v) is 8.87. The first kappa shape index (κ1) is 12.9. The van der Waals surface area contributed by atoms with E-state index >= 15 is 0 Å². The molecule has 0 fully saturated rings. The van der Waals surface area contributed by atoms with Gasteiger partial charge in [-0.2, -0.15) is 0 Å². The maximum atomic E-state index is 10.9. The van der Waals surface area contributed by atoms with E-state index in [4.69, 9.17) is 5.11 Å². The van der Waals surface area contributed by atoms with Gasteiger partial charge in [0, 0.05) is 12.1 Å². The third-order valence-corrected chi connectivity index (χ3v) is 1.82. The van der Waals surface area contributed by atoms with Gasteiger partial charge in [-0.25, -0.2) is 4.79 Å². The van der Waals surface area contributed by atoms with Crippen molar-refractivity contribution in [2.45, 2.75) is 6.61 Å². The van der Waals surface area contributed by atoms with Gasteiger partial charge in [0.05, 0.1) is 11.5 Å². The Labute approximate surface area is 96.7 Å². The molecule has 0 saturated heterocycles. The molecule has 0 aliphatic heterocycles. The predicted molar refractivity (Wildman–Crippen MR) is 56.3 cm³/mol. The van der Waals surface area contributed by atoms with Crippen LogP contribution in [0, 0.1) is 10.1 Å². The fourth-order valence-corrected chi connectivity index (χ4v) is 1.03. The van der Waals surface area contributed by atoms with Gasteiger partial charge in [-0.3, -0.25) is 10.1 Å². The molecule has 17 heavy (non-hydrogen) atoms. The molecule has 0 radical (unpaired) electrons. The second kappa shape index (κ2) is 6.44. The van der Waals surface area contributed by atoms with Crippen molar-refractivity contribution in [1.82, 2.24) is 0 Å². The number of aliphatic hydroxyl groups is 1. The summed E-state index contributed by atoms with van der Waals surface area (Å²) in [6, 6.07) is 5.60. The Hall–Kier alpha value is -2.15.